The number of aliphatic hydroxyl groups excluding tert-OH is 1. The fourth-order valence-corrected chi connectivity index (χ4v) is 6.01. The van der Waals surface area contributed by atoms with Gasteiger partial charge in [0.25, 0.3) is 7.82 Å². The van der Waals surface area contributed by atoms with Crippen molar-refractivity contribution in [1.29, 1.82) is 0 Å². The van der Waals surface area contributed by atoms with Crippen LogP contribution in [0.2, 0.25) is 0 Å². The first-order valence-electron chi connectivity index (χ1n) is 22.7. The molecule has 0 spiro atoms. The third-order valence-corrected chi connectivity index (χ3v) is 9.82. The fourth-order valence-electron chi connectivity index (χ4n) is 5.28. The van der Waals surface area contributed by atoms with Gasteiger partial charge in [0.1, 0.15) is 19.8 Å². The molecule has 10 nitrogen and oxygen atoms in total. The van der Waals surface area contributed by atoms with Crippen LogP contribution < -0.4 is 4.89 Å². The van der Waals surface area contributed by atoms with Crippen LogP contribution >= 0.6 is 7.82 Å². The molecule has 0 aromatic carbocycles. The Morgan fingerprint density at radius 3 is 1.72 bits per heavy atom. The van der Waals surface area contributed by atoms with Gasteiger partial charge in [0.15, 0.2) is 6.10 Å². The van der Waals surface area contributed by atoms with Crippen molar-refractivity contribution < 1.29 is 47.2 Å². The molecule has 0 bridgehead atoms. The first-order chi connectivity index (χ1) is 29.4. The fraction of sp³-hybridized carbons (Fsp3) is 0.600. The number of ether oxygens (including phenoxy) is 2. The maximum atomic E-state index is 12.7. The second-order valence-corrected chi connectivity index (χ2v) is 17.3. The molecule has 61 heavy (non-hydrogen) atoms. The number of hydrogen-bond acceptors (Lipinski definition) is 9. The second kappa shape index (κ2) is 40.7. The summed E-state index contributed by atoms with van der Waals surface area (Å²) >= 11 is 0. The van der Waals surface area contributed by atoms with E-state index in [1.165, 1.54) is 25.7 Å². The molecule has 0 aromatic heterocycles. The summed E-state index contributed by atoms with van der Waals surface area (Å²) in [6.07, 6.45) is 51.8. The van der Waals surface area contributed by atoms with E-state index in [-0.39, 0.29) is 26.1 Å². The second-order valence-electron chi connectivity index (χ2n) is 15.9. The predicted molar refractivity (Wildman–Crippen MR) is 251 cm³/mol. The number of likely N-dealkylation sites (N-methyl/N-ethyl adjacent to an activating group) is 1. The SMILES string of the molecule is CC/C=C\C(O)C/C=C/C=C\C/C=C\C/C=C\CCCC(=O)OC[C@H](COP(=O)([O-])OCC[N+](C)(C)C)OC(=O)CCCCC/C=C\C/C=C\C/C=C\C/C=C\CCCCC. The van der Waals surface area contributed by atoms with Crippen LogP contribution in [-0.4, -0.2) is 81.2 Å². The van der Waals surface area contributed by atoms with E-state index in [0.717, 1.165) is 57.8 Å². The molecule has 0 saturated carbocycles. The minimum atomic E-state index is -4.67. The molecule has 0 fully saturated rings. The number of quaternary nitrogens is 1. The highest BCUT2D eigenvalue weighted by atomic mass is 31.2. The number of allylic oxidation sites excluding steroid dienone is 16. The molecular formula is C50H82NO9P. The zero-order valence-corrected chi connectivity index (χ0v) is 39.3. The molecule has 0 aliphatic carbocycles. The molecule has 11 heteroatoms. The van der Waals surface area contributed by atoms with Crippen molar-refractivity contribution in [3.05, 3.63) is 109 Å². The van der Waals surface area contributed by atoms with Gasteiger partial charge in [-0.1, -0.05) is 142 Å². The molecule has 0 rings (SSSR count). The Bertz CT molecular complexity index is 1420. The van der Waals surface area contributed by atoms with Crippen molar-refractivity contribution in [3.8, 4) is 0 Å². The van der Waals surface area contributed by atoms with Gasteiger partial charge in [0, 0.05) is 12.8 Å². The van der Waals surface area contributed by atoms with E-state index in [0.29, 0.717) is 36.7 Å². The van der Waals surface area contributed by atoms with E-state index in [1.807, 2.05) is 76.7 Å². The molecule has 1 N–H and O–H groups in total. The summed E-state index contributed by atoms with van der Waals surface area (Å²) in [4.78, 5) is 37.6. The van der Waals surface area contributed by atoms with Crippen LogP contribution in [0.4, 0.5) is 0 Å². The van der Waals surface area contributed by atoms with Crippen LogP contribution in [0.3, 0.4) is 0 Å². The van der Waals surface area contributed by atoms with Crippen molar-refractivity contribution in [2.75, 3.05) is 47.5 Å². The van der Waals surface area contributed by atoms with Gasteiger partial charge in [0.05, 0.1) is 33.9 Å². The number of nitrogens with zero attached hydrogens (tertiary/aromatic N) is 1. The lowest BCUT2D eigenvalue weighted by molar-refractivity contribution is -0.870. The maximum absolute atomic E-state index is 12.7. The van der Waals surface area contributed by atoms with Crippen LogP contribution in [-0.2, 0) is 32.7 Å². The predicted octanol–water partition coefficient (Wildman–Crippen LogP) is 11.5. The molecule has 0 aromatic rings. The Labute approximate surface area is 370 Å². The largest absolute Gasteiger partial charge is 0.756 e. The number of carbonyl (C=O) groups is 2. The number of aliphatic hydroxyl groups is 1. The normalized spacial score (nSPS) is 15.1. The zero-order valence-electron chi connectivity index (χ0n) is 38.4. The molecule has 0 amide bonds. The summed E-state index contributed by atoms with van der Waals surface area (Å²) in [5.74, 6) is -0.976. The lowest BCUT2D eigenvalue weighted by Crippen LogP contribution is -2.37. The van der Waals surface area contributed by atoms with Crippen LogP contribution in [0.5, 0.6) is 0 Å². The number of phosphoric acid groups is 1. The first kappa shape index (κ1) is 57.6. The Kier molecular flexibility index (Phi) is 38.4. The summed E-state index contributed by atoms with van der Waals surface area (Å²) in [6.45, 7) is 3.81. The van der Waals surface area contributed by atoms with Gasteiger partial charge in [-0.05, 0) is 89.9 Å². The molecule has 0 saturated heterocycles. The minimum absolute atomic E-state index is 0.0600. The van der Waals surface area contributed by atoms with Gasteiger partial charge in [-0.3, -0.25) is 14.2 Å². The zero-order chi connectivity index (χ0) is 45.1. The summed E-state index contributed by atoms with van der Waals surface area (Å²) in [6, 6.07) is 0. The molecule has 346 valence electrons. The summed E-state index contributed by atoms with van der Waals surface area (Å²) in [5.41, 5.74) is 0. The van der Waals surface area contributed by atoms with Gasteiger partial charge in [0.2, 0.25) is 0 Å². The third-order valence-electron chi connectivity index (χ3n) is 8.85. The third kappa shape index (κ3) is 44.5. The average Bonchev–Trinajstić information content (AvgIpc) is 3.21. The number of phosphoric ester groups is 1. The number of esters is 2. The lowest BCUT2D eigenvalue weighted by atomic mass is 10.1. The van der Waals surface area contributed by atoms with Crippen LogP contribution in [0.25, 0.3) is 0 Å². The lowest BCUT2D eigenvalue weighted by Gasteiger charge is -2.28. The van der Waals surface area contributed by atoms with Crippen molar-refractivity contribution in [1.82, 2.24) is 0 Å². The van der Waals surface area contributed by atoms with Gasteiger partial charge in [-0.2, -0.15) is 0 Å². The quantitative estimate of drug-likeness (QED) is 0.0160. The average molecular weight is 872 g/mol. The number of carbonyl (C=O) groups excluding carboxylic acids is 2. The van der Waals surface area contributed by atoms with E-state index < -0.39 is 38.6 Å². The Balaban J connectivity index is 4.56. The van der Waals surface area contributed by atoms with Crippen molar-refractivity contribution >= 4 is 19.8 Å². The van der Waals surface area contributed by atoms with Crippen molar-refractivity contribution in [3.63, 3.8) is 0 Å². The van der Waals surface area contributed by atoms with Crippen LogP contribution in [0.15, 0.2) is 109 Å². The molecular weight excluding hydrogens is 790 g/mol. The number of unbranched alkanes of at least 4 members (excludes halogenated alkanes) is 7. The highest BCUT2D eigenvalue weighted by Crippen LogP contribution is 2.38. The highest BCUT2D eigenvalue weighted by Gasteiger charge is 2.21. The highest BCUT2D eigenvalue weighted by molar-refractivity contribution is 7.45. The van der Waals surface area contributed by atoms with E-state index in [1.54, 1.807) is 0 Å². The molecule has 2 unspecified atom stereocenters. The minimum Gasteiger partial charge on any atom is -0.756 e. The monoisotopic (exact) mass is 872 g/mol. The molecule has 0 aliphatic rings. The molecule has 0 aliphatic heterocycles. The Morgan fingerprint density at radius 1 is 0.623 bits per heavy atom. The first-order valence-corrected chi connectivity index (χ1v) is 24.2. The number of hydrogen-bond donors (Lipinski definition) is 1. The van der Waals surface area contributed by atoms with Crippen LogP contribution in [0, 0.1) is 0 Å². The summed E-state index contributed by atoms with van der Waals surface area (Å²) in [5, 5.41) is 9.77. The molecule has 0 heterocycles. The summed E-state index contributed by atoms with van der Waals surface area (Å²) in [7, 11) is 1.07. The van der Waals surface area contributed by atoms with Crippen molar-refractivity contribution in [2.45, 2.75) is 148 Å². The van der Waals surface area contributed by atoms with Crippen molar-refractivity contribution in [2.24, 2.45) is 0 Å². The number of rotatable bonds is 39. The van der Waals surface area contributed by atoms with E-state index in [2.05, 4.69) is 67.7 Å². The van der Waals surface area contributed by atoms with E-state index in [4.69, 9.17) is 18.5 Å². The maximum Gasteiger partial charge on any atom is 0.306 e. The van der Waals surface area contributed by atoms with E-state index in [9.17, 15) is 24.2 Å². The molecule has 3 atom stereocenters. The van der Waals surface area contributed by atoms with Gasteiger partial charge < -0.3 is 33.0 Å². The molecule has 0 radical (unpaired) electrons. The van der Waals surface area contributed by atoms with Gasteiger partial charge in [-0.25, -0.2) is 0 Å². The van der Waals surface area contributed by atoms with E-state index >= 15 is 0 Å². The Morgan fingerprint density at radius 2 is 1.15 bits per heavy atom. The topological polar surface area (TPSA) is 131 Å². The summed E-state index contributed by atoms with van der Waals surface area (Å²) < 4.78 is 33.8. The Hall–Kier alpha value is -3.37. The van der Waals surface area contributed by atoms with Crippen LogP contribution in [0.1, 0.15) is 136 Å². The van der Waals surface area contributed by atoms with Gasteiger partial charge >= 0.3 is 11.9 Å². The van der Waals surface area contributed by atoms with Gasteiger partial charge in [-0.15, -0.1) is 0 Å². The smallest absolute Gasteiger partial charge is 0.306 e. The standard InChI is InChI=1S/C50H82NO9P/c1-6-8-10-11-12-13-14-15-16-17-18-19-20-21-26-29-32-35-38-42-50(54)60-48(46-59-61(55,56)58-44-43-51(3,4)5)45-57-49(53)41-37-34-31-28-25-23-22-24-27-30-33-36-40-47(52)39-9-7-2/h9,12-13,15-16,18-19,21-23,26-28,30-31,33,36,39,47-48,52H,6-8,10-11,14,17,20,24-25,29,32,34-35,37-38,40-46H2,1-5H3/b13-12-,16-15-,19-18-,23-22-,26-21-,30-27-,31-28-,36-33+,39-9-/t47?,48-/m1/s1.